The van der Waals surface area contributed by atoms with Gasteiger partial charge in [0, 0.05) is 32.1 Å². The first-order valence-electron chi connectivity index (χ1n) is 8.29. The number of nitrogens with zero attached hydrogens (tertiary/aromatic N) is 2. The van der Waals surface area contributed by atoms with Crippen molar-refractivity contribution in [1.29, 1.82) is 0 Å². The van der Waals surface area contributed by atoms with Crippen molar-refractivity contribution in [1.82, 2.24) is 20.4 Å². The van der Waals surface area contributed by atoms with E-state index in [1.807, 2.05) is 0 Å². The van der Waals surface area contributed by atoms with Gasteiger partial charge in [-0.3, -0.25) is 19.7 Å². The van der Waals surface area contributed by atoms with Crippen molar-refractivity contribution in [3.8, 4) is 0 Å². The fraction of sp³-hybridized carbons (Fsp3) is 0.733. The maximum atomic E-state index is 12.1. The molecule has 134 valence electrons. The summed E-state index contributed by atoms with van der Waals surface area (Å²) in [6, 6.07) is 0. The van der Waals surface area contributed by atoms with Crippen molar-refractivity contribution in [3.05, 3.63) is 0 Å². The molecule has 0 unspecified atom stereocenters. The van der Waals surface area contributed by atoms with Crippen LogP contribution >= 0.6 is 0 Å². The first-order chi connectivity index (χ1) is 11.5. The molecule has 2 N–H and O–H groups in total. The number of hydrogen-bond acceptors (Lipinski definition) is 6. The number of ether oxygens (including phenoxy) is 1. The van der Waals surface area contributed by atoms with Gasteiger partial charge in [0.2, 0.25) is 5.91 Å². The Labute approximate surface area is 140 Å². The van der Waals surface area contributed by atoms with E-state index in [2.05, 4.69) is 10.6 Å². The summed E-state index contributed by atoms with van der Waals surface area (Å²) in [7, 11) is 0. The average Bonchev–Trinajstić information content (AvgIpc) is 2.62. The van der Waals surface area contributed by atoms with E-state index in [0.29, 0.717) is 32.5 Å². The highest BCUT2D eigenvalue weighted by molar-refractivity contribution is 6.37. The van der Waals surface area contributed by atoms with Gasteiger partial charge in [-0.15, -0.1) is 0 Å². The highest BCUT2D eigenvalue weighted by Crippen LogP contribution is 2.11. The van der Waals surface area contributed by atoms with Gasteiger partial charge in [-0.2, -0.15) is 0 Å². The Hall–Kier alpha value is -2.16. The summed E-state index contributed by atoms with van der Waals surface area (Å²) >= 11 is 0. The summed E-state index contributed by atoms with van der Waals surface area (Å²) in [5.41, 5.74) is 0. The maximum Gasteiger partial charge on any atom is 0.409 e. The zero-order valence-corrected chi connectivity index (χ0v) is 13.9. The van der Waals surface area contributed by atoms with Gasteiger partial charge in [-0.05, 0) is 32.9 Å². The SMILES string of the molecule is CCOC(=O)N1CCN(C(=O)C(=O)NC(=O)C2CCNCC2)CC1. The molecule has 2 aliphatic heterocycles. The van der Waals surface area contributed by atoms with E-state index in [1.165, 1.54) is 9.80 Å². The number of carbonyl (C=O) groups is 4. The minimum absolute atomic E-state index is 0.233. The first-order valence-corrected chi connectivity index (χ1v) is 8.29. The van der Waals surface area contributed by atoms with E-state index < -0.39 is 17.9 Å². The standard InChI is InChI=1S/C15H24N4O5/c1-2-24-15(23)19-9-7-18(8-10-19)14(22)13(21)17-12(20)11-3-5-16-6-4-11/h11,16H,2-10H2,1H3,(H,17,20,21). The Morgan fingerprint density at radius 1 is 1.04 bits per heavy atom. The topological polar surface area (TPSA) is 108 Å². The minimum atomic E-state index is -0.900. The first kappa shape index (κ1) is 18.2. The molecular weight excluding hydrogens is 316 g/mol. The van der Waals surface area contributed by atoms with Gasteiger partial charge in [-0.25, -0.2) is 4.79 Å². The molecule has 0 bridgehead atoms. The molecule has 2 aliphatic rings. The smallest absolute Gasteiger partial charge is 0.409 e. The number of rotatable bonds is 2. The van der Waals surface area contributed by atoms with Crippen LogP contribution in [0.5, 0.6) is 0 Å². The van der Waals surface area contributed by atoms with Gasteiger partial charge in [0.05, 0.1) is 6.61 Å². The van der Waals surface area contributed by atoms with Crippen LogP contribution in [0, 0.1) is 5.92 Å². The predicted octanol–water partition coefficient (Wildman–Crippen LogP) is -1.07. The third-order valence-electron chi connectivity index (χ3n) is 4.23. The number of amides is 4. The van der Waals surface area contributed by atoms with E-state index in [1.54, 1.807) is 6.92 Å². The number of hydrogen-bond donors (Lipinski definition) is 2. The third kappa shape index (κ3) is 4.67. The molecule has 0 aliphatic carbocycles. The van der Waals surface area contributed by atoms with E-state index in [-0.39, 0.29) is 24.9 Å². The molecule has 0 aromatic rings. The Morgan fingerprint density at radius 3 is 2.21 bits per heavy atom. The van der Waals surface area contributed by atoms with Gasteiger partial charge in [0.25, 0.3) is 0 Å². The monoisotopic (exact) mass is 340 g/mol. The van der Waals surface area contributed by atoms with Crippen LogP contribution < -0.4 is 10.6 Å². The van der Waals surface area contributed by atoms with Crippen LogP contribution in [0.25, 0.3) is 0 Å². The van der Waals surface area contributed by atoms with Gasteiger partial charge >= 0.3 is 17.9 Å². The van der Waals surface area contributed by atoms with Gasteiger partial charge in [-0.1, -0.05) is 0 Å². The lowest BCUT2D eigenvalue weighted by Crippen LogP contribution is -2.55. The van der Waals surface area contributed by atoms with Crippen LogP contribution in [-0.4, -0.2) is 79.5 Å². The lowest BCUT2D eigenvalue weighted by Gasteiger charge is -2.33. The highest BCUT2D eigenvalue weighted by atomic mass is 16.6. The average molecular weight is 340 g/mol. The van der Waals surface area contributed by atoms with Crippen LogP contribution in [0.2, 0.25) is 0 Å². The van der Waals surface area contributed by atoms with Crippen LogP contribution in [0.3, 0.4) is 0 Å². The van der Waals surface area contributed by atoms with Crippen molar-refractivity contribution in [2.24, 2.45) is 5.92 Å². The second-order valence-electron chi connectivity index (χ2n) is 5.82. The van der Waals surface area contributed by atoms with Gasteiger partial charge in [0.1, 0.15) is 0 Å². The molecule has 0 atom stereocenters. The molecule has 0 aromatic carbocycles. The van der Waals surface area contributed by atoms with Crippen molar-refractivity contribution < 1.29 is 23.9 Å². The molecule has 0 saturated carbocycles. The van der Waals surface area contributed by atoms with E-state index in [0.717, 1.165) is 13.1 Å². The molecule has 4 amide bonds. The Morgan fingerprint density at radius 2 is 1.62 bits per heavy atom. The molecule has 2 saturated heterocycles. The molecule has 2 rings (SSSR count). The molecule has 9 heteroatoms. The fourth-order valence-corrected chi connectivity index (χ4v) is 2.80. The normalized spacial score (nSPS) is 18.9. The number of nitrogens with one attached hydrogen (secondary N) is 2. The largest absolute Gasteiger partial charge is 0.450 e. The van der Waals surface area contributed by atoms with Crippen molar-refractivity contribution in [2.75, 3.05) is 45.9 Å². The zero-order valence-electron chi connectivity index (χ0n) is 13.9. The summed E-state index contributed by atoms with van der Waals surface area (Å²) in [5.74, 6) is -2.26. The zero-order chi connectivity index (χ0) is 17.5. The van der Waals surface area contributed by atoms with E-state index >= 15 is 0 Å². The van der Waals surface area contributed by atoms with E-state index in [4.69, 9.17) is 4.74 Å². The van der Waals surface area contributed by atoms with E-state index in [9.17, 15) is 19.2 Å². The third-order valence-corrected chi connectivity index (χ3v) is 4.23. The van der Waals surface area contributed by atoms with Crippen molar-refractivity contribution in [3.63, 3.8) is 0 Å². The number of carbonyl (C=O) groups excluding carboxylic acids is 4. The van der Waals surface area contributed by atoms with Gasteiger partial charge < -0.3 is 19.9 Å². The molecule has 2 fully saturated rings. The second-order valence-corrected chi connectivity index (χ2v) is 5.82. The second kappa shape index (κ2) is 8.62. The molecule has 2 heterocycles. The Balaban J connectivity index is 1.78. The summed E-state index contributed by atoms with van der Waals surface area (Å²) < 4.78 is 4.90. The van der Waals surface area contributed by atoms with Crippen LogP contribution in [0.4, 0.5) is 4.79 Å². The quantitative estimate of drug-likeness (QED) is 0.620. The lowest BCUT2D eigenvalue weighted by atomic mass is 9.97. The summed E-state index contributed by atoms with van der Waals surface area (Å²) in [5, 5.41) is 5.34. The van der Waals surface area contributed by atoms with Crippen molar-refractivity contribution in [2.45, 2.75) is 19.8 Å². The van der Waals surface area contributed by atoms with Crippen LogP contribution in [0.15, 0.2) is 0 Å². The van der Waals surface area contributed by atoms with Crippen LogP contribution in [-0.2, 0) is 19.1 Å². The summed E-state index contributed by atoms with van der Waals surface area (Å²) in [4.78, 5) is 50.6. The van der Waals surface area contributed by atoms with Crippen molar-refractivity contribution >= 4 is 23.8 Å². The lowest BCUT2D eigenvalue weighted by molar-refractivity contribution is -0.149. The minimum Gasteiger partial charge on any atom is -0.450 e. The molecule has 0 radical (unpaired) electrons. The van der Waals surface area contributed by atoms with Gasteiger partial charge in [0.15, 0.2) is 0 Å². The number of piperazine rings is 1. The summed E-state index contributed by atoms with van der Waals surface area (Å²) in [6.07, 6.45) is 0.895. The Bertz CT molecular complexity index is 496. The number of imide groups is 1. The molecule has 0 spiro atoms. The van der Waals surface area contributed by atoms with Crippen LogP contribution in [0.1, 0.15) is 19.8 Å². The highest BCUT2D eigenvalue weighted by Gasteiger charge is 2.30. The fourth-order valence-electron chi connectivity index (χ4n) is 2.80. The molecule has 0 aromatic heterocycles. The predicted molar refractivity (Wildman–Crippen MR) is 83.9 cm³/mol. The number of piperidine rings is 1. The summed E-state index contributed by atoms with van der Waals surface area (Å²) in [6.45, 7) is 4.58. The maximum absolute atomic E-state index is 12.1. The molecule has 9 nitrogen and oxygen atoms in total. The molecule has 24 heavy (non-hydrogen) atoms. The Kier molecular flexibility index (Phi) is 6.53. The molecular formula is C15H24N4O5.